The van der Waals surface area contributed by atoms with Crippen LogP contribution in [0.1, 0.15) is 43.2 Å². The zero-order valence-electron chi connectivity index (χ0n) is 13.6. The van der Waals surface area contributed by atoms with E-state index in [-0.39, 0.29) is 23.6 Å². The molecular formula is C15H26N4O3. The number of carboxylic acids is 1. The van der Waals surface area contributed by atoms with Crippen LogP contribution in [0.25, 0.3) is 0 Å². The number of nitrogen functional groups attached to an aromatic ring is 1. The van der Waals surface area contributed by atoms with Crippen molar-refractivity contribution >= 4 is 11.8 Å². The number of rotatable bonds is 6. The van der Waals surface area contributed by atoms with Crippen molar-refractivity contribution in [1.82, 2.24) is 14.7 Å². The highest BCUT2D eigenvalue weighted by atomic mass is 16.5. The van der Waals surface area contributed by atoms with E-state index in [2.05, 4.69) is 23.8 Å². The summed E-state index contributed by atoms with van der Waals surface area (Å²) in [7, 11) is 0. The van der Waals surface area contributed by atoms with Gasteiger partial charge in [-0.3, -0.25) is 4.90 Å². The number of aryl methyl sites for hydroxylation is 2. The van der Waals surface area contributed by atoms with Crippen LogP contribution in [0.4, 0.5) is 5.82 Å². The quantitative estimate of drug-likeness (QED) is 0.820. The van der Waals surface area contributed by atoms with Gasteiger partial charge in [0.1, 0.15) is 11.4 Å². The molecule has 0 unspecified atom stereocenters. The molecule has 1 aromatic rings. The molecule has 0 spiro atoms. The molecule has 2 heterocycles. The lowest BCUT2D eigenvalue weighted by molar-refractivity contribution is -0.0683. The summed E-state index contributed by atoms with van der Waals surface area (Å²) in [5.41, 5.74) is 6.63. The molecule has 0 amide bonds. The number of ether oxygens (including phenoxy) is 1. The maximum atomic E-state index is 11.3. The number of nitrogens with zero attached hydrogens (tertiary/aromatic N) is 3. The van der Waals surface area contributed by atoms with E-state index in [0.717, 1.165) is 26.1 Å². The molecule has 7 nitrogen and oxygen atoms in total. The molecule has 1 aliphatic rings. The van der Waals surface area contributed by atoms with E-state index >= 15 is 0 Å². The molecule has 1 saturated heterocycles. The molecule has 0 radical (unpaired) electrons. The lowest BCUT2D eigenvalue weighted by Crippen LogP contribution is -2.45. The van der Waals surface area contributed by atoms with Crippen molar-refractivity contribution in [3.63, 3.8) is 0 Å². The minimum absolute atomic E-state index is 0.149. The molecule has 124 valence electrons. The Bertz CT molecular complexity index is 519. The third-order valence-electron chi connectivity index (χ3n) is 3.95. The lowest BCUT2D eigenvalue weighted by Gasteiger charge is -2.35. The number of aromatic carboxylic acids is 1. The van der Waals surface area contributed by atoms with E-state index in [1.807, 2.05) is 6.92 Å². The molecular weight excluding hydrogens is 284 g/mol. The first-order valence-corrected chi connectivity index (χ1v) is 7.88. The Balaban J connectivity index is 1.93. The van der Waals surface area contributed by atoms with Gasteiger partial charge in [-0.05, 0) is 26.7 Å². The number of carbonyl (C=O) groups is 1. The fraction of sp³-hybridized carbons (Fsp3) is 0.733. The highest BCUT2D eigenvalue weighted by molar-refractivity contribution is 5.94. The molecule has 1 fully saturated rings. The Hall–Kier alpha value is -1.60. The van der Waals surface area contributed by atoms with E-state index < -0.39 is 5.97 Å². The second-order valence-corrected chi connectivity index (χ2v) is 5.96. The number of hydrogen-bond acceptors (Lipinski definition) is 5. The summed E-state index contributed by atoms with van der Waals surface area (Å²) in [6.45, 7) is 9.48. The van der Waals surface area contributed by atoms with Gasteiger partial charge < -0.3 is 15.6 Å². The smallest absolute Gasteiger partial charge is 0.341 e. The number of hydrogen-bond donors (Lipinski definition) is 2. The molecule has 0 bridgehead atoms. The van der Waals surface area contributed by atoms with Gasteiger partial charge >= 0.3 is 5.97 Å². The highest BCUT2D eigenvalue weighted by Crippen LogP contribution is 2.18. The van der Waals surface area contributed by atoms with Gasteiger partial charge in [0.15, 0.2) is 0 Å². The molecule has 3 N–H and O–H groups in total. The summed E-state index contributed by atoms with van der Waals surface area (Å²) in [5.74, 6) is -0.746. The Morgan fingerprint density at radius 3 is 2.50 bits per heavy atom. The summed E-state index contributed by atoms with van der Waals surface area (Å²) in [6.07, 6.45) is 1.96. The normalized spacial score (nSPS) is 22.9. The topological polar surface area (TPSA) is 93.6 Å². The molecule has 22 heavy (non-hydrogen) atoms. The van der Waals surface area contributed by atoms with Crippen molar-refractivity contribution in [3.8, 4) is 0 Å². The number of carboxylic acid groups (broad SMARTS) is 1. The van der Waals surface area contributed by atoms with Crippen LogP contribution < -0.4 is 5.73 Å². The Labute approximate surface area is 131 Å². The minimum Gasteiger partial charge on any atom is -0.477 e. The molecule has 2 atom stereocenters. The maximum absolute atomic E-state index is 11.3. The van der Waals surface area contributed by atoms with Crippen molar-refractivity contribution in [3.05, 3.63) is 11.3 Å². The standard InChI is InChI=1S/C15H26N4O3/c1-4-12-13(15(20)21)14(16)19(17-12)7-5-6-18-8-10(2)22-11(3)9-18/h10-11H,4-9,16H2,1-3H3,(H,20,21)/t10-,11+. The number of morpholine rings is 1. The van der Waals surface area contributed by atoms with Crippen LogP contribution in [0.2, 0.25) is 0 Å². The third-order valence-corrected chi connectivity index (χ3v) is 3.95. The van der Waals surface area contributed by atoms with Crippen molar-refractivity contribution in [1.29, 1.82) is 0 Å². The average Bonchev–Trinajstić information content (AvgIpc) is 2.74. The monoisotopic (exact) mass is 310 g/mol. The van der Waals surface area contributed by atoms with Crippen LogP contribution in [-0.2, 0) is 17.7 Å². The van der Waals surface area contributed by atoms with Gasteiger partial charge in [0.25, 0.3) is 0 Å². The summed E-state index contributed by atoms with van der Waals surface area (Å²) in [5, 5.41) is 13.6. The first-order chi connectivity index (χ1) is 10.4. The Morgan fingerprint density at radius 1 is 1.36 bits per heavy atom. The number of nitrogens with two attached hydrogens (primary N) is 1. The van der Waals surface area contributed by atoms with Crippen molar-refractivity contribution in [2.75, 3.05) is 25.4 Å². The highest BCUT2D eigenvalue weighted by Gasteiger charge is 2.23. The fourth-order valence-corrected chi connectivity index (χ4v) is 3.09. The largest absolute Gasteiger partial charge is 0.477 e. The third kappa shape index (κ3) is 3.78. The predicted molar refractivity (Wildman–Crippen MR) is 84.0 cm³/mol. The van der Waals surface area contributed by atoms with E-state index in [1.165, 1.54) is 0 Å². The number of anilines is 1. The molecule has 2 rings (SSSR count). The molecule has 0 aromatic carbocycles. The van der Waals surface area contributed by atoms with Gasteiger partial charge in [-0.15, -0.1) is 0 Å². The van der Waals surface area contributed by atoms with Crippen LogP contribution in [0.15, 0.2) is 0 Å². The van der Waals surface area contributed by atoms with Crippen molar-refractivity contribution < 1.29 is 14.6 Å². The molecule has 0 aliphatic carbocycles. The summed E-state index contributed by atoms with van der Waals surface area (Å²) in [4.78, 5) is 13.6. The zero-order valence-corrected chi connectivity index (χ0v) is 13.6. The van der Waals surface area contributed by atoms with E-state index in [4.69, 9.17) is 10.5 Å². The van der Waals surface area contributed by atoms with Gasteiger partial charge in [-0.25, -0.2) is 9.48 Å². The van der Waals surface area contributed by atoms with Crippen LogP contribution in [-0.4, -0.2) is 57.6 Å². The second kappa shape index (κ2) is 7.11. The van der Waals surface area contributed by atoms with Crippen LogP contribution in [0.3, 0.4) is 0 Å². The average molecular weight is 310 g/mol. The van der Waals surface area contributed by atoms with Gasteiger partial charge in [0, 0.05) is 26.2 Å². The van der Waals surface area contributed by atoms with E-state index in [0.29, 0.717) is 18.7 Å². The Morgan fingerprint density at radius 2 is 2.00 bits per heavy atom. The minimum atomic E-state index is -1.00. The molecule has 7 heteroatoms. The summed E-state index contributed by atoms with van der Waals surface area (Å²) < 4.78 is 7.34. The summed E-state index contributed by atoms with van der Waals surface area (Å²) >= 11 is 0. The SMILES string of the molecule is CCc1nn(CCCN2C[C@@H](C)O[C@@H](C)C2)c(N)c1C(=O)O. The predicted octanol–water partition coefficient (Wildman–Crippen LogP) is 1.23. The van der Waals surface area contributed by atoms with Gasteiger partial charge in [-0.2, -0.15) is 5.10 Å². The van der Waals surface area contributed by atoms with Gasteiger partial charge in [0.05, 0.1) is 17.9 Å². The second-order valence-electron chi connectivity index (χ2n) is 5.96. The van der Waals surface area contributed by atoms with Gasteiger partial charge in [0.2, 0.25) is 0 Å². The van der Waals surface area contributed by atoms with E-state index in [9.17, 15) is 9.90 Å². The van der Waals surface area contributed by atoms with Crippen LogP contribution >= 0.6 is 0 Å². The first-order valence-electron chi connectivity index (χ1n) is 7.88. The molecule has 0 saturated carbocycles. The molecule has 1 aliphatic heterocycles. The number of aromatic nitrogens is 2. The van der Waals surface area contributed by atoms with Crippen molar-refractivity contribution in [2.24, 2.45) is 0 Å². The van der Waals surface area contributed by atoms with Gasteiger partial charge in [-0.1, -0.05) is 6.92 Å². The Kier molecular flexibility index (Phi) is 5.42. The fourth-order valence-electron chi connectivity index (χ4n) is 3.09. The lowest BCUT2D eigenvalue weighted by atomic mass is 10.2. The van der Waals surface area contributed by atoms with Crippen molar-refractivity contribution in [2.45, 2.75) is 52.4 Å². The van der Waals surface area contributed by atoms with Crippen LogP contribution in [0.5, 0.6) is 0 Å². The van der Waals surface area contributed by atoms with E-state index in [1.54, 1.807) is 4.68 Å². The maximum Gasteiger partial charge on any atom is 0.341 e. The first kappa shape index (κ1) is 16.8. The zero-order chi connectivity index (χ0) is 16.3. The van der Waals surface area contributed by atoms with Crippen LogP contribution in [0, 0.1) is 0 Å². The molecule has 1 aromatic heterocycles. The summed E-state index contributed by atoms with van der Waals surface area (Å²) in [6, 6.07) is 0.